The molecule has 0 fully saturated rings. The number of aldehydes is 1. The van der Waals surface area contributed by atoms with Crippen LogP contribution in [0.1, 0.15) is 24.8 Å². The number of benzene rings is 1. The molecule has 0 aromatic heterocycles. The number of carbonyl (C=O) groups is 1. The molecule has 0 aliphatic heterocycles. The van der Waals surface area contributed by atoms with Crippen molar-refractivity contribution >= 4 is 17.9 Å². The maximum absolute atomic E-state index is 10.9. The molecule has 0 N–H and O–H groups in total. The lowest BCUT2D eigenvalue weighted by Crippen LogP contribution is -2.02. The number of nitro groups is 1. The molecule has 1 aromatic rings. The zero-order valence-electron chi connectivity index (χ0n) is 9.84. The van der Waals surface area contributed by atoms with Gasteiger partial charge >= 0.3 is 0 Å². The van der Waals surface area contributed by atoms with Crippen LogP contribution >= 0.6 is 11.6 Å². The fourth-order valence-electron chi connectivity index (χ4n) is 1.49. The van der Waals surface area contributed by atoms with E-state index >= 15 is 0 Å². The van der Waals surface area contributed by atoms with Gasteiger partial charge in [0.15, 0.2) is 0 Å². The molecule has 4 nitrogen and oxygen atoms in total. The van der Waals surface area contributed by atoms with Crippen molar-refractivity contribution in [1.82, 2.24) is 0 Å². The van der Waals surface area contributed by atoms with E-state index in [1.54, 1.807) is 30.3 Å². The Hall–Kier alpha value is -1.68. The summed E-state index contributed by atoms with van der Waals surface area (Å²) in [6, 6.07) is 6.96. The van der Waals surface area contributed by atoms with E-state index in [1.165, 1.54) is 0 Å². The van der Waals surface area contributed by atoms with Crippen LogP contribution in [0.4, 0.5) is 0 Å². The van der Waals surface area contributed by atoms with Gasteiger partial charge in [-0.15, -0.1) is 0 Å². The number of nitrogens with zero attached hydrogens (tertiary/aromatic N) is 1. The van der Waals surface area contributed by atoms with Crippen molar-refractivity contribution in [3.05, 3.63) is 56.7 Å². The Kier molecular flexibility index (Phi) is 6.08. The average Bonchev–Trinajstić information content (AvgIpc) is 2.35. The Bertz CT molecular complexity index is 440. The zero-order chi connectivity index (χ0) is 13.4. The number of carbonyl (C=O) groups excluding carboxylic acids is 1. The summed E-state index contributed by atoms with van der Waals surface area (Å²) in [5, 5.41) is 11.5. The van der Waals surface area contributed by atoms with Crippen LogP contribution in [0.15, 0.2) is 36.0 Å². The van der Waals surface area contributed by atoms with E-state index in [-0.39, 0.29) is 17.0 Å². The standard InChI is InChI=1S/C13H14ClNO3/c14-12-7-5-11(6-8-12)10-13(15(17)18)4-2-1-3-9-16/h4-9H,1-3,10H2/b13-4+. The highest BCUT2D eigenvalue weighted by atomic mass is 35.5. The van der Waals surface area contributed by atoms with Gasteiger partial charge in [0, 0.05) is 11.4 Å². The Labute approximate surface area is 110 Å². The van der Waals surface area contributed by atoms with Crippen molar-refractivity contribution in [2.45, 2.75) is 25.7 Å². The minimum Gasteiger partial charge on any atom is -0.303 e. The van der Waals surface area contributed by atoms with E-state index in [9.17, 15) is 14.9 Å². The molecule has 0 spiro atoms. The lowest BCUT2D eigenvalue weighted by atomic mass is 10.1. The minimum absolute atomic E-state index is 0.156. The highest BCUT2D eigenvalue weighted by molar-refractivity contribution is 6.30. The van der Waals surface area contributed by atoms with Gasteiger partial charge in [-0.2, -0.15) is 0 Å². The Morgan fingerprint density at radius 2 is 1.94 bits per heavy atom. The fraction of sp³-hybridized carbons (Fsp3) is 0.308. The molecule has 0 amide bonds. The molecule has 0 saturated heterocycles. The topological polar surface area (TPSA) is 60.2 Å². The van der Waals surface area contributed by atoms with Crippen molar-refractivity contribution in [1.29, 1.82) is 0 Å². The third-order valence-electron chi connectivity index (χ3n) is 2.44. The third kappa shape index (κ3) is 5.10. The smallest absolute Gasteiger partial charge is 0.246 e. The molecule has 96 valence electrons. The molecule has 0 radical (unpaired) electrons. The molecule has 0 aliphatic rings. The molecule has 1 aromatic carbocycles. The van der Waals surface area contributed by atoms with Crippen LogP contribution in [0.3, 0.4) is 0 Å². The second-order valence-electron chi connectivity index (χ2n) is 3.85. The molecular formula is C13H14ClNO3. The number of hydrogen-bond donors (Lipinski definition) is 0. The van der Waals surface area contributed by atoms with Gasteiger partial charge in [-0.05, 0) is 36.6 Å². The molecule has 1 rings (SSSR count). The molecule has 18 heavy (non-hydrogen) atoms. The third-order valence-corrected chi connectivity index (χ3v) is 2.69. The maximum Gasteiger partial charge on any atom is 0.246 e. The molecular weight excluding hydrogens is 254 g/mol. The highest BCUT2D eigenvalue weighted by Crippen LogP contribution is 2.14. The van der Waals surface area contributed by atoms with Crippen LogP contribution in [0.25, 0.3) is 0 Å². The maximum atomic E-state index is 10.9. The Morgan fingerprint density at radius 3 is 2.50 bits per heavy atom. The first-order valence-corrected chi connectivity index (χ1v) is 6.03. The van der Waals surface area contributed by atoms with Crippen molar-refractivity contribution in [3.63, 3.8) is 0 Å². The van der Waals surface area contributed by atoms with Crippen molar-refractivity contribution in [2.24, 2.45) is 0 Å². The monoisotopic (exact) mass is 267 g/mol. The molecule has 0 bridgehead atoms. The summed E-state index contributed by atoms with van der Waals surface area (Å²) < 4.78 is 0. The van der Waals surface area contributed by atoms with Crippen molar-refractivity contribution in [3.8, 4) is 0 Å². The lowest BCUT2D eigenvalue weighted by Gasteiger charge is -2.00. The second-order valence-corrected chi connectivity index (χ2v) is 4.29. The van der Waals surface area contributed by atoms with Gasteiger partial charge in [0.05, 0.1) is 11.3 Å². The number of allylic oxidation sites excluding steroid dienone is 2. The van der Waals surface area contributed by atoms with Crippen LogP contribution in [-0.4, -0.2) is 11.2 Å². The van der Waals surface area contributed by atoms with Crippen LogP contribution < -0.4 is 0 Å². The second kappa shape index (κ2) is 7.61. The molecule has 0 aliphatic carbocycles. The van der Waals surface area contributed by atoms with Crippen LogP contribution in [0, 0.1) is 10.1 Å². The first kappa shape index (κ1) is 14.4. The van der Waals surface area contributed by atoms with E-state index in [1.807, 2.05) is 0 Å². The summed E-state index contributed by atoms with van der Waals surface area (Å²) in [4.78, 5) is 20.6. The summed E-state index contributed by atoms with van der Waals surface area (Å²) in [5.74, 6) is 0. The van der Waals surface area contributed by atoms with Crippen LogP contribution in [0.2, 0.25) is 5.02 Å². The SMILES string of the molecule is O=CCCC/C=C(\Cc1ccc(Cl)cc1)[N+](=O)[O-]. The highest BCUT2D eigenvalue weighted by Gasteiger charge is 2.10. The van der Waals surface area contributed by atoms with Gasteiger partial charge in [0.1, 0.15) is 6.29 Å². The Morgan fingerprint density at radius 1 is 1.28 bits per heavy atom. The molecule has 0 unspecified atom stereocenters. The molecule has 0 heterocycles. The van der Waals surface area contributed by atoms with Gasteiger partial charge in [-0.1, -0.05) is 23.7 Å². The largest absolute Gasteiger partial charge is 0.303 e. The van der Waals surface area contributed by atoms with E-state index < -0.39 is 0 Å². The summed E-state index contributed by atoms with van der Waals surface area (Å²) >= 11 is 5.75. The number of halogens is 1. The average molecular weight is 268 g/mol. The van der Waals surface area contributed by atoms with E-state index in [4.69, 9.17) is 11.6 Å². The molecule has 0 atom stereocenters. The zero-order valence-corrected chi connectivity index (χ0v) is 10.6. The van der Waals surface area contributed by atoms with Crippen LogP contribution in [-0.2, 0) is 11.2 Å². The number of hydrogen-bond acceptors (Lipinski definition) is 3. The summed E-state index contributed by atoms with van der Waals surface area (Å²) in [5.41, 5.74) is 1.00. The quantitative estimate of drug-likeness (QED) is 0.329. The van der Waals surface area contributed by atoms with E-state index in [0.717, 1.165) is 11.8 Å². The van der Waals surface area contributed by atoms with Crippen molar-refractivity contribution in [2.75, 3.05) is 0 Å². The lowest BCUT2D eigenvalue weighted by molar-refractivity contribution is -0.427. The summed E-state index contributed by atoms with van der Waals surface area (Å²) in [7, 11) is 0. The summed E-state index contributed by atoms with van der Waals surface area (Å²) in [6.45, 7) is 0. The van der Waals surface area contributed by atoms with Gasteiger partial charge in [-0.25, -0.2) is 0 Å². The van der Waals surface area contributed by atoms with Gasteiger partial charge in [0.25, 0.3) is 0 Å². The predicted molar refractivity (Wildman–Crippen MR) is 70.1 cm³/mol. The summed E-state index contributed by atoms with van der Waals surface area (Å²) in [6.07, 6.45) is 4.29. The van der Waals surface area contributed by atoms with Crippen molar-refractivity contribution < 1.29 is 9.72 Å². The Balaban J connectivity index is 2.65. The fourth-order valence-corrected chi connectivity index (χ4v) is 1.62. The van der Waals surface area contributed by atoms with Crippen LogP contribution in [0.5, 0.6) is 0 Å². The van der Waals surface area contributed by atoms with E-state index in [2.05, 4.69) is 0 Å². The van der Waals surface area contributed by atoms with E-state index in [0.29, 0.717) is 24.3 Å². The first-order chi connectivity index (χ1) is 8.63. The van der Waals surface area contributed by atoms with Gasteiger partial charge in [0.2, 0.25) is 5.70 Å². The predicted octanol–water partition coefficient (Wildman–Crippen LogP) is 3.41. The molecule has 5 heteroatoms. The first-order valence-electron chi connectivity index (χ1n) is 5.65. The normalized spacial score (nSPS) is 11.3. The molecule has 0 saturated carbocycles. The number of rotatable bonds is 7. The van der Waals surface area contributed by atoms with Gasteiger partial charge in [-0.3, -0.25) is 10.1 Å². The number of unbranched alkanes of at least 4 members (excludes halogenated alkanes) is 2. The minimum atomic E-state index is -0.379. The van der Waals surface area contributed by atoms with Gasteiger partial charge < -0.3 is 4.79 Å².